The predicted octanol–water partition coefficient (Wildman–Crippen LogP) is 16.0. The molecular weight excluding hydrogens is 669 g/mol. The molecule has 0 aliphatic heterocycles. The highest BCUT2D eigenvalue weighted by Crippen LogP contribution is 2.35. The van der Waals surface area contributed by atoms with Gasteiger partial charge in [-0.05, 0) is 48.2 Å². The van der Waals surface area contributed by atoms with Gasteiger partial charge in [-0.2, -0.15) is 8.75 Å². The second-order valence-corrected chi connectivity index (χ2v) is 15.9. The number of unbranched alkanes of at least 4 members (excludes halogenated alkanes) is 24. The van der Waals surface area contributed by atoms with Gasteiger partial charge in [0, 0.05) is 11.1 Å². The molecule has 1 heterocycles. The van der Waals surface area contributed by atoms with Crippen LogP contribution in [0.1, 0.15) is 181 Å². The van der Waals surface area contributed by atoms with Crippen molar-refractivity contribution in [2.75, 3.05) is 13.2 Å². The van der Waals surface area contributed by atoms with Crippen LogP contribution in [-0.4, -0.2) is 22.0 Å². The molecule has 1 aromatic heterocycles. The summed E-state index contributed by atoms with van der Waals surface area (Å²) in [6.07, 6.45) is 35.5. The van der Waals surface area contributed by atoms with Crippen molar-refractivity contribution in [2.45, 2.75) is 181 Å². The number of ether oxygens (including phenoxy) is 2. The Morgan fingerprint density at radius 2 is 0.642 bits per heavy atom. The lowest BCUT2D eigenvalue weighted by atomic mass is 9.98. The number of aromatic nitrogens is 2. The van der Waals surface area contributed by atoms with E-state index in [9.17, 15) is 0 Å². The maximum absolute atomic E-state index is 6.09. The molecule has 53 heavy (non-hydrogen) atoms. The minimum atomic E-state index is 0.787. The Labute approximate surface area is 328 Å². The summed E-state index contributed by atoms with van der Waals surface area (Å²) in [5.74, 6) is 1.88. The van der Waals surface area contributed by atoms with Crippen LogP contribution in [0.5, 0.6) is 11.5 Å². The zero-order chi connectivity index (χ0) is 37.0. The standard InChI is InChI=1S/C48H72N2O2S/c1-3-5-7-9-11-13-15-17-19-21-23-25-27-39-51-43-33-29-41(30-34-43)45-37-38-46(48-47(45)49-53-50-48)42-31-35-44(36-32-42)52-40-28-26-24-22-20-18-16-14-12-10-8-6-4-2/h29-38H,3-28,39-40H2,1-2H3. The summed E-state index contributed by atoms with van der Waals surface area (Å²) in [4.78, 5) is 0. The van der Waals surface area contributed by atoms with Crippen LogP contribution in [0.25, 0.3) is 33.3 Å². The zero-order valence-electron chi connectivity index (χ0n) is 33.7. The van der Waals surface area contributed by atoms with Gasteiger partial charge in [0.1, 0.15) is 22.5 Å². The Bertz CT molecular complexity index is 1360. The second-order valence-electron chi connectivity index (χ2n) is 15.4. The maximum Gasteiger partial charge on any atom is 0.119 e. The molecule has 0 saturated carbocycles. The molecule has 0 unspecified atom stereocenters. The van der Waals surface area contributed by atoms with Gasteiger partial charge in [0.2, 0.25) is 0 Å². The van der Waals surface area contributed by atoms with Crippen LogP contribution in [0.15, 0.2) is 60.7 Å². The molecule has 5 heteroatoms. The van der Waals surface area contributed by atoms with E-state index in [4.69, 9.17) is 18.2 Å². The highest BCUT2D eigenvalue weighted by molar-refractivity contribution is 7.00. The normalized spacial score (nSPS) is 11.4. The van der Waals surface area contributed by atoms with Crippen LogP contribution in [0.4, 0.5) is 0 Å². The summed E-state index contributed by atoms with van der Waals surface area (Å²) in [6, 6.07) is 21.3. The fourth-order valence-corrected chi connectivity index (χ4v) is 7.99. The number of fused-ring (bicyclic) bond motifs is 1. The van der Waals surface area contributed by atoms with Gasteiger partial charge >= 0.3 is 0 Å². The Hall–Kier alpha value is -2.92. The van der Waals surface area contributed by atoms with E-state index in [0.29, 0.717) is 0 Å². The number of hydrogen-bond acceptors (Lipinski definition) is 5. The van der Waals surface area contributed by atoms with E-state index in [2.05, 4.69) is 74.5 Å². The third-order valence-corrected chi connectivity index (χ3v) is 11.3. The topological polar surface area (TPSA) is 44.2 Å². The monoisotopic (exact) mass is 741 g/mol. The van der Waals surface area contributed by atoms with Gasteiger partial charge in [0.25, 0.3) is 0 Å². The average Bonchev–Trinajstić information content (AvgIpc) is 3.69. The van der Waals surface area contributed by atoms with Crippen LogP contribution in [-0.2, 0) is 0 Å². The first-order chi connectivity index (χ1) is 26.3. The maximum atomic E-state index is 6.09. The molecule has 0 aliphatic carbocycles. The van der Waals surface area contributed by atoms with Gasteiger partial charge in [-0.15, -0.1) is 0 Å². The Morgan fingerprint density at radius 3 is 0.943 bits per heavy atom. The molecule has 0 amide bonds. The molecule has 0 saturated heterocycles. The van der Waals surface area contributed by atoms with Crippen molar-refractivity contribution in [3.8, 4) is 33.8 Å². The Balaban J connectivity index is 1.10. The number of nitrogens with zero attached hydrogens (tertiary/aromatic N) is 2. The predicted molar refractivity (Wildman–Crippen MR) is 231 cm³/mol. The minimum Gasteiger partial charge on any atom is -0.494 e. The van der Waals surface area contributed by atoms with Crippen LogP contribution >= 0.6 is 11.7 Å². The van der Waals surface area contributed by atoms with Crippen LogP contribution < -0.4 is 9.47 Å². The summed E-state index contributed by atoms with van der Waals surface area (Å²) >= 11 is 1.28. The van der Waals surface area contributed by atoms with Gasteiger partial charge in [-0.1, -0.05) is 204 Å². The van der Waals surface area contributed by atoms with E-state index in [0.717, 1.165) is 70.8 Å². The quantitative estimate of drug-likeness (QED) is 0.0468. The SMILES string of the molecule is CCCCCCCCCCCCCCCOc1ccc(-c2ccc(-c3ccc(OCCCCCCCCCCCCCCC)cc3)c3nsnc23)cc1. The van der Waals surface area contributed by atoms with E-state index in [1.165, 1.54) is 166 Å². The van der Waals surface area contributed by atoms with Crippen molar-refractivity contribution in [1.82, 2.24) is 8.75 Å². The lowest BCUT2D eigenvalue weighted by Gasteiger charge is -2.10. The van der Waals surface area contributed by atoms with Crippen molar-refractivity contribution in [3.05, 3.63) is 60.7 Å². The van der Waals surface area contributed by atoms with Crippen molar-refractivity contribution < 1.29 is 9.47 Å². The summed E-state index contributed by atoms with van der Waals surface area (Å²) in [5.41, 5.74) is 6.40. The van der Waals surface area contributed by atoms with Crippen molar-refractivity contribution in [1.29, 1.82) is 0 Å². The lowest BCUT2D eigenvalue weighted by molar-refractivity contribution is 0.304. The number of hydrogen-bond donors (Lipinski definition) is 0. The van der Waals surface area contributed by atoms with E-state index >= 15 is 0 Å². The van der Waals surface area contributed by atoms with Gasteiger partial charge in [-0.25, -0.2) is 0 Å². The average molecular weight is 741 g/mol. The molecule has 292 valence electrons. The van der Waals surface area contributed by atoms with E-state index in [-0.39, 0.29) is 0 Å². The molecule has 0 aliphatic rings. The molecule has 3 aromatic carbocycles. The molecule has 4 aromatic rings. The van der Waals surface area contributed by atoms with Crippen molar-refractivity contribution >= 4 is 22.8 Å². The molecule has 0 spiro atoms. The summed E-state index contributed by atoms with van der Waals surface area (Å²) < 4.78 is 21.6. The molecule has 4 nitrogen and oxygen atoms in total. The highest BCUT2D eigenvalue weighted by Gasteiger charge is 2.14. The molecule has 0 N–H and O–H groups in total. The second kappa shape index (κ2) is 27.6. The molecule has 0 fully saturated rings. The van der Waals surface area contributed by atoms with Gasteiger partial charge in [0.05, 0.1) is 24.9 Å². The molecule has 4 rings (SSSR count). The van der Waals surface area contributed by atoms with E-state index in [1.807, 2.05) is 0 Å². The number of rotatable bonds is 32. The van der Waals surface area contributed by atoms with Crippen molar-refractivity contribution in [2.24, 2.45) is 0 Å². The van der Waals surface area contributed by atoms with Crippen LogP contribution in [0, 0.1) is 0 Å². The fraction of sp³-hybridized carbons (Fsp3) is 0.625. The first-order valence-electron chi connectivity index (χ1n) is 22.0. The van der Waals surface area contributed by atoms with Gasteiger partial charge in [0.15, 0.2) is 0 Å². The summed E-state index contributed by atoms with van der Waals surface area (Å²) in [7, 11) is 0. The van der Waals surface area contributed by atoms with E-state index < -0.39 is 0 Å². The number of benzene rings is 3. The molecular formula is C48H72N2O2S. The lowest BCUT2D eigenvalue weighted by Crippen LogP contribution is -1.97. The minimum absolute atomic E-state index is 0.787. The summed E-state index contributed by atoms with van der Waals surface area (Å²) in [5, 5.41) is 0. The Kier molecular flexibility index (Phi) is 22.3. The first-order valence-corrected chi connectivity index (χ1v) is 22.7. The van der Waals surface area contributed by atoms with Crippen molar-refractivity contribution in [3.63, 3.8) is 0 Å². The summed E-state index contributed by atoms with van der Waals surface area (Å²) in [6.45, 7) is 6.15. The fourth-order valence-electron chi connectivity index (χ4n) is 7.41. The molecule has 0 atom stereocenters. The first kappa shape index (κ1) is 42.8. The Morgan fingerprint density at radius 1 is 0.358 bits per heavy atom. The van der Waals surface area contributed by atoms with Crippen LogP contribution in [0.3, 0.4) is 0 Å². The third kappa shape index (κ3) is 17.0. The largest absolute Gasteiger partial charge is 0.494 e. The third-order valence-electron chi connectivity index (χ3n) is 10.8. The zero-order valence-corrected chi connectivity index (χ0v) is 34.5. The van der Waals surface area contributed by atoms with E-state index in [1.54, 1.807) is 0 Å². The molecule has 0 radical (unpaired) electrons. The molecule has 0 bridgehead atoms. The highest BCUT2D eigenvalue weighted by atomic mass is 32.1. The van der Waals surface area contributed by atoms with Gasteiger partial charge in [-0.3, -0.25) is 0 Å². The van der Waals surface area contributed by atoms with Crippen LogP contribution in [0.2, 0.25) is 0 Å². The van der Waals surface area contributed by atoms with Gasteiger partial charge < -0.3 is 9.47 Å². The smallest absolute Gasteiger partial charge is 0.119 e.